The molecular formula is C12H15ClN2O2S. The summed E-state index contributed by atoms with van der Waals surface area (Å²) in [6.45, 7) is 3.79. The van der Waals surface area contributed by atoms with Gasteiger partial charge in [-0.1, -0.05) is 24.9 Å². The molecule has 0 amide bonds. The Morgan fingerprint density at radius 2 is 2.17 bits per heavy atom. The van der Waals surface area contributed by atoms with Gasteiger partial charge in [-0.15, -0.1) is 0 Å². The van der Waals surface area contributed by atoms with Gasteiger partial charge in [0.1, 0.15) is 4.90 Å². The Bertz CT molecular complexity index is 564. The van der Waals surface area contributed by atoms with Gasteiger partial charge in [0.15, 0.2) is 0 Å². The number of nitriles is 1. The molecule has 1 rings (SSSR count). The number of hydrogen-bond acceptors (Lipinski definition) is 3. The normalized spacial score (nSPS) is 13.0. The number of nitrogens with one attached hydrogen (secondary N) is 1. The number of rotatable bonds is 5. The molecule has 6 heteroatoms. The highest BCUT2D eigenvalue weighted by Crippen LogP contribution is 2.22. The van der Waals surface area contributed by atoms with Crippen LogP contribution in [0.4, 0.5) is 0 Å². The molecule has 0 saturated carbocycles. The van der Waals surface area contributed by atoms with Gasteiger partial charge in [0.25, 0.3) is 0 Å². The summed E-state index contributed by atoms with van der Waals surface area (Å²) in [5.74, 6) is 0. The number of sulfonamides is 1. The molecule has 0 aliphatic rings. The highest BCUT2D eigenvalue weighted by molar-refractivity contribution is 7.89. The summed E-state index contributed by atoms with van der Waals surface area (Å²) in [6, 6.07) is 5.89. The summed E-state index contributed by atoms with van der Waals surface area (Å²) in [6.07, 6.45) is 1.65. The first kappa shape index (κ1) is 15.0. The number of halogens is 1. The largest absolute Gasteiger partial charge is 0.242 e. The van der Waals surface area contributed by atoms with E-state index in [2.05, 4.69) is 4.72 Å². The van der Waals surface area contributed by atoms with Crippen molar-refractivity contribution in [2.75, 3.05) is 0 Å². The van der Waals surface area contributed by atoms with Crippen LogP contribution in [0.25, 0.3) is 0 Å². The summed E-state index contributed by atoms with van der Waals surface area (Å²) in [7, 11) is -3.63. The molecule has 0 spiro atoms. The average Bonchev–Trinajstić information content (AvgIpc) is 2.27. The maximum absolute atomic E-state index is 12.1. The molecule has 1 unspecified atom stereocenters. The third kappa shape index (κ3) is 3.70. The molecule has 4 nitrogen and oxygen atoms in total. The smallest absolute Gasteiger partial charge is 0.208 e. The van der Waals surface area contributed by atoms with Crippen LogP contribution in [0, 0.1) is 11.3 Å². The Labute approximate surface area is 113 Å². The summed E-state index contributed by atoms with van der Waals surface area (Å²) < 4.78 is 26.7. The van der Waals surface area contributed by atoms with Crippen molar-refractivity contribution in [1.82, 2.24) is 4.72 Å². The van der Waals surface area contributed by atoms with Gasteiger partial charge in [-0.2, -0.15) is 5.26 Å². The van der Waals surface area contributed by atoms with E-state index in [0.717, 1.165) is 12.8 Å². The van der Waals surface area contributed by atoms with Gasteiger partial charge >= 0.3 is 0 Å². The Morgan fingerprint density at radius 3 is 2.67 bits per heavy atom. The Kier molecular flexibility index (Phi) is 5.15. The van der Waals surface area contributed by atoms with E-state index in [9.17, 15) is 8.42 Å². The molecule has 0 aromatic heterocycles. The quantitative estimate of drug-likeness (QED) is 0.905. The van der Waals surface area contributed by atoms with Crippen molar-refractivity contribution in [3.8, 4) is 6.07 Å². The Balaban J connectivity index is 3.03. The second-order valence-electron chi connectivity index (χ2n) is 4.07. The molecule has 0 fully saturated rings. The molecule has 18 heavy (non-hydrogen) atoms. The zero-order valence-corrected chi connectivity index (χ0v) is 11.8. The van der Waals surface area contributed by atoms with Crippen molar-refractivity contribution < 1.29 is 8.42 Å². The van der Waals surface area contributed by atoms with Crippen molar-refractivity contribution in [2.45, 2.75) is 37.6 Å². The van der Waals surface area contributed by atoms with E-state index in [1.807, 2.05) is 13.0 Å². The Morgan fingerprint density at radius 1 is 1.50 bits per heavy atom. The predicted octanol–water partition coefficient (Wildman–Crippen LogP) is 2.68. The fraction of sp³-hybridized carbons (Fsp3) is 0.417. The van der Waals surface area contributed by atoms with Crippen LogP contribution >= 0.6 is 11.6 Å². The van der Waals surface area contributed by atoms with Gasteiger partial charge in [-0.05, 0) is 31.5 Å². The van der Waals surface area contributed by atoms with Crippen LogP contribution in [0.1, 0.15) is 32.3 Å². The SMILES string of the molecule is CCCC(C)NS(=O)(=O)c1ccc(C#N)cc1Cl. The van der Waals surface area contributed by atoms with E-state index >= 15 is 0 Å². The monoisotopic (exact) mass is 286 g/mol. The van der Waals surface area contributed by atoms with E-state index in [-0.39, 0.29) is 16.0 Å². The fourth-order valence-electron chi connectivity index (χ4n) is 1.61. The number of nitrogens with zero attached hydrogens (tertiary/aromatic N) is 1. The molecule has 98 valence electrons. The third-order valence-corrected chi connectivity index (χ3v) is 4.50. The van der Waals surface area contributed by atoms with Crippen molar-refractivity contribution in [2.24, 2.45) is 0 Å². The van der Waals surface area contributed by atoms with Crippen LogP contribution in [0.5, 0.6) is 0 Å². The molecule has 1 atom stereocenters. The lowest BCUT2D eigenvalue weighted by molar-refractivity contribution is 0.544. The maximum Gasteiger partial charge on any atom is 0.242 e. The lowest BCUT2D eigenvalue weighted by Gasteiger charge is -2.14. The zero-order valence-electron chi connectivity index (χ0n) is 10.3. The minimum atomic E-state index is -3.63. The molecule has 1 aromatic carbocycles. The zero-order chi connectivity index (χ0) is 13.8. The van der Waals surface area contributed by atoms with E-state index in [1.165, 1.54) is 18.2 Å². The predicted molar refractivity (Wildman–Crippen MR) is 70.9 cm³/mol. The van der Waals surface area contributed by atoms with Gasteiger partial charge in [-0.25, -0.2) is 13.1 Å². The van der Waals surface area contributed by atoms with Crippen LogP contribution in [0.15, 0.2) is 23.1 Å². The van der Waals surface area contributed by atoms with Crippen molar-refractivity contribution in [3.63, 3.8) is 0 Å². The van der Waals surface area contributed by atoms with E-state index in [4.69, 9.17) is 16.9 Å². The molecule has 0 radical (unpaired) electrons. The summed E-state index contributed by atoms with van der Waals surface area (Å²) >= 11 is 5.88. The molecule has 0 saturated heterocycles. The molecule has 1 aromatic rings. The highest BCUT2D eigenvalue weighted by Gasteiger charge is 2.20. The molecule has 0 bridgehead atoms. The first-order chi connectivity index (χ1) is 8.40. The summed E-state index contributed by atoms with van der Waals surface area (Å²) in [5, 5.41) is 8.76. The van der Waals surface area contributed by atoms with Crippen LogP contribution in [0.2, 0.25) is 5.02 Å². The molecular weight excluding hydrogens is 272 g/mol. The maximum atomic E-state index is 12.1. The van der Waals surface area contributed by atoms with Gasteiger partial charge in [0, 0.05) is 6.04 Å². The van der Waals surface area contributed by atoms with Crippen LogP contribution in [-0.2, 0) is 10.0 Å². The van der Waals surface area contributed by atoms with Gasteiger partial charge in [0.2, 0.25) is 10.0 Å². The molecule has 0 aliphatic carbocycles. The fourth-order valence-corrected chi connectivity index (χ4v) is 3.43. The van der Waals surface area contributed by atoms with Gasteiger partial charge in [0.05, 0.1) is 16.7 Å². The molecule has 0 heterocycles. The van der Waals surface area contributed by atoms with E-state index in [0.29, 0.717) is 5.56 Å². The standard InChI is InChI=1S/C12H15ClN2O2S/c1-3-4-9(2)15-18(16,17)12-6-5-10(8-14)7-11(12)13/h5-7,9,15H,3-4H2,1-2H3. The van der Waals surface area contributed by atoms with Crippen molar-refractivity contribution >= 4 is 21.6 Å². The minimum absolute atomic E-state index is 0.00567. The van der Waals surface area contributed by atoms with Crippen molar-refractivity contribution in [3.05, 3.63) is 28.8 Å². The summed E-state index contributed by atoms with van der Waals surface area (Å²) in [5.41, 5.74) is 0.334. The molecule has 1 N–H and O–H groups in total. The topological polar surface area (TPSA) is 70.0 Å². The first-order valence-electron chi connectivity index (χ1n) is 5.62. The number of hydrogen-bond donors (Lipinski definition) is 1. The minimum Gasteiger partial charge on any atom is -0.208 e. The third-order valence-electron chi connectivity index (χ3n) is 2.43. The average molecular weight is 287 g/mol. The van der Waals surface area contributed by atoms with Crippen LogP contribution in [0.3, 0.4) is 0 Å². The van der Waals surface area contributed by atoms with Crippen LogP contribution < -0.4 is 4.72 Å². The number of benzene rings is 1. The van der Waals surface area contributed by atoms with E-state index < -0.39 is 10.0 Å². The summed E-state index contributed by atoms with van der Waals surface area (Å²) in [4.78, 5) is 0.00567. The highest BCUT2D eigenvalue weighted by atomic mass is 35.5. The molecule has 0 aliphatic heterocycles. The lowest BCUT2D eigenvalue weighted by Crippen LogP contribution is -2.32. The van der Waals surface area contributed by atoms with Crippen molar-refractivity contribution in [1.29, 1.82) is 5.26 Å². The second-order valence-corrected chi connectivity index (χ2v) is 6.16. The van der Waals surface area contributed by atoms with Crippen LogP contribution in [-0.4, -0.2) is 14.5 Å². The first-order valence-corrected chi connectivity index (χ1v) is 7.48. The van der Waals surface area contributed by atoms with Gasteiger partial charge in [-0.3, -0.25) is 0 Å². The second kappa shape index (κ2) is 6.19. The van der Waals surface area contributed by atoms with Gasteiger partial charge < -0.3 is 0 Å². The van der Waals surface area contributed by atoms with E-state index in [1.54, 1.807) is 6.92 Å². The Hall–Kier alpha value is -1.09. The lowest BCUT2D eigenvalue weighted by atomic mass is 10.2.